The fourth-order valence-corrected chi connectivity index (χ4v) is 2.88. The van der Waals surface area contributed by atoms with Crippen molar-refractivity contribution in [2.24, 2.45) is 0 Å². The molecule has 0 radical (unpaired) electrons. The number of carbonyl (C=O) groups excluding carboxylic acids is 1. The Morgan fingerprint density at radius 3 is 2.25 bits per heavy atom. The molecule has 1 aliphatic heterocycles. The monoisotopic (exact) mass is 324 g/mol. The molecule has 2 aromatic rings. The summed E-state index contributed by atoms with van der Waals surface area (Å²) in [7, 11) is 0. The first kappa shape index (κ1) is 16.1. The number of carboxylic acid groups (broad SMARTS) is 1. The second-order valence-electron chi connectivity index (χ2n) is 6.03. The van der Waals surface area contributed by atoms with Crippen LogP contribution in [0.5, 0.6) is 0 Å². The molecule has 2 N–H and O–H groups in total. The zero-order valence-electron chi connectivity index (χ0n) is 13.6. The number of rotatable bonds is 4. The summed E-state index contributed by atoms with van der Waals surface area (Å²) >= 11 is 0. The van der Waals surface area contributed by atoms with Crippen LogP contribution in [0, 0.1) is 6.92 Å². The predicted molar refractivity (Wildman–Crippen MR) is 94.0 cm³/mol. The second-order valence-corrected chi connectivity index (χ2v) is 6.03. The van der Waals surface area contributed by atoms with Gasteiger partial charge < -0.3 is 15.3 Å². The predicted octanol–water partition coefficient (Wildman–Crippen LogP) is 3.55. The quantitative estimate of drug-likeness (QED) is 0.902. The normalized spacial score (nSPS) is 13.8. The van der Waals surface area contributed by atoms with Gasteiger partial charge in [0.2, 0.25) is 0 Å². The van der Waals surface area contributed by atoms with Crippen LogP contribution in [0.2, 0.25) is 0 Å². The third kappa shape index (κ3) is 3.40. The Balaban J connectivity index is 1.75. The van der Waals surface area contributed by atoms with Crippen molar-refractivity contribution in [1.82, 2.24) is 0 Å². The van der Waals surface area contributed by atoms with Crippen LogP contribution < -0.4 is 10.2 Å². The number of aromatic carboxylic acids is 1. The second kappa shape index (κ2) is 6.74. The van der Waals surface area contributed by atoms with Gasteiger partial charge in [-0.15, -0.1) is 0 Å². The van der Waals surface area contributed by atoms with Crippen molar-refractivity contribution >= 4 is 23.3 Å². The molecule has 3 rings (SSSR count). The molecule has 124 valence electrons. The van der Waals surface area contributed by atoms with Gasteiger partial charge in [-0.05, 0) is 61.7 Å². The number of hydrogen-bond acceptors (Lipinski definition) is 3. The Morgan fingerprint density at radius 2 is 1.62 bits per heavy atom. The van der Waals surface area contributed by atoms with E-state index in [4.69, 9.17) is 5.11 Å². The molecule has 1 amide bonds. The Bertz CT molecular complexity index is 763. The third-order valence-electron chi connectivity index (χ3n) is 4.33. The molecule has 0 spiro atoms. The third-order valence-corrected chi connectivity index (χ3v) is 4.33. The van der Waals surface area contributed by atoms with Crippen molar-refractivity contribution in [3.05, 3.63) is 59.2 Å². The fourth-order valence-electron chi connectivity index (χ4n) is 2.88. The van der Waals surface area contributed by atoms with Gasteiger partial charge in [-0.3, -0.25) is 4.79 Å². The van der Waals surface area contributed by atoms with Gasteiger partial charge in [0.1, 0.15) is 0 Å². The Labute approximate surface area is 140 Å². The van der Waals surface area contributed by atoms with E-state index >= 15 is 0 Å². The maximum Gasteiger partial charge on any atom is 0.335 e. The van der Waals surface area contributed by atoms with E-state index in [1.165, 1.54) is 25.0 Å². The molecule has 0 aromatic heterocycles. The van der Waals surface area contributed by atoms with E-state index in [2.05, 4.69) is 10.2 Å². The minimum Gasteiger partial charge on any atom is -0.478 e. The Kier molecular flexibility index (Phi) is 4.51. The van der Waals surface area contributed by atoms with Crippen LogP contribution in [0.15, 0.2) is 42.5 Å². The summed E-state index contributed by atoms with van der Waals surface area (Å²) in [5.41, 5.74) is 3.18. The van der Waals surface area contributed by atoms with Gasteiger partial charge in [0, 0.05) is 30.0 Å². The lowest BCUT2D eigenvalue weighted by atomic mass is 10.1. The molecule has 24 heavy (non-hydrogen) atoms. The van der Waals surface area contributed by atoms with Crippen LogP contribution >= 0.6 is 0 Å². The van der Waals surface area contributed by atoms with Crippen molar-refractivity contribution < 1.29 is 14.7 Å². The molecule has 1 saturated heterocycles. The fraction of sp³-hybridized carbons (Fsp3) is 0.263. The van der Waals surface area contributed by atoms with E-state index in [9.17, 15) is 9.59 Å². The average molecular weight is 324 g/mol. The SMILES string of the molecule is Cc1ccc(C(=O)O)cc1NC(=O)c1ccc(N2CCCC2)cc1. The lowest BCUT2D eigenvalue weighted by Gasteiger charge is -2.17. The van der Waals surface area contributed by atoms with Gasteiger partial charge in [-0.25, -0.2) is 4.79 Å². The number of aryl methyl sites for hydroxylation is 1. The minimum atomic E-state index is -1.01. The van der Waals surface area contributed by atoms with Gasteiger partial charge in [-0.2, -0.15) is 0 Å². The number of carboxylic acids is 1. The summed E-state index contributed by atoms with van der Waals surface area (Å²) in [4.78, 5) is 25.8. The molecule has 5 nitrogen and oxygen atoms in total. The number of benzene rings is 2. The molecular formula is C19H20N2O3. The number of nitrogens with zero attached hydrogens (tertiary/aromatic N) is 1. The van der Waals surface area contributed by atoms with Crippen molar-refractivity contribution in [2.75, 3.05) is 23.3 Å². The highest BCUT2D eigenvalue weighted by Gasteiger charge is 2.14. The summed E-state index contributed by atoms with van der Waals surface area (Å²) in [6, 6.07) is 12.2. The molecule has 0 aliphatic carbocycles. The van der Waals surface area contributed by atoms with E-state index < -0.39 is 5.97 Å². The van der Waals surface area contributed by atoms with E-state index in [0.717, 1.165) is 24.3 Å². The van der Waals surface area contributed by atoms with Crippen LogP contribution in [0.4, 0.5) is 11.4 Å². The van der Waals surface area contributed by atoms with Crippen LogP contribution in [0.3, 0.4) is 0 Å². The van der Waals surface area contributed by atoms with Crippen LogP contribution in [0.1, 0.15) is 39.1 Å². The summed E-state index contributed by atoms with van der Waals surface area (Å²) in [6.45, 7) is 3.96. The number of hydrogen-bond donors (Lipinski definition) is 2. The van der Waals surface area contributed by atoms with E-state index in [-0.39, 0.29) is 11.5 Å². The van der Waals surface area contributed by atoms with Crippen LogP contribution in [-0.4, -0.2) is 30.1 Å². The standard InChI is InChI=1S/C19H20N2O3/c1-13-4-5-15(19(23)24)12-17(13)20-18(22)14-6-8-16(9-7-14)21-10-2-3-11-21/h4-9,12H,2-3,10-11H2,1H3,(H,20,22)(H,23,24). The topological polar surface area (TPSA) is 69.6 Å². The Hall–Kier alpha value is -2.82. The van der Waals surface area contributed by atoms with Crippen molar-refractivity contribution in [2.45, 2.75) is 19.8 Å². The molecular weight excluding hydrogens is 304 g/mol. The zero-order chi connectivity index (χ0) is 17.1. The van der Waals surface area contributed by atoms with Gasteiger partial charge in [0.15, 0.2) is 0 Å². The van der Waals surface area contributed by atoms with Gasteiger partial charge in [0.25, 0.3) is 5.91 Å². The molecule has 0 bridgehead atoms. The summed E-state index contributed by atoms with van der Waals surface area (Å²) < 4.78 is 0. The summed E-state index contributed by atoms with van der Waals surface area (Å²) in [5.74, 6) is -1.26. The average Bonchev–Trinajstić information content (AvgIpc) is 3.11. The molecule has 0 unspecified atom stereocenters. The molecule has 1 heterocycles. The number of anilines is 2. The van der Waals surface area contributed by atoms with E-state index in [1.54, 1.807) is 18.2 Å². The highest BCUT2D eigenvalue weighted by Crippen LogP contribution is 2.22. The highest BCUT2D eigenvalue weighted by atomic mass is 16.4. The Morgan fingerprint density at radius 1 is 1.00 bits per heavy atom. The van der Waals surface area contributed by atoms with Gasteiger partial charge >= 0.3 is 5.97 Å². The maximum atomic E-state index is 12.4. The number of amides is 1. The minimum absolute atomic E-state index is 0.153. The molecule has 0 atom stereocenters. The summed E-state index contributed by atoms with van der Waals surface area (Å²) in [5, 5.41) is 11.9. The number of carbonyl (C=O) groups is 2. The highest BCUT2D eigenvalue weighted by molar-refractivity contribution is 6.05. The molecule has 0 saturated carbocycles. The number of nitrogens with one attached hydrogen (secondary N) is 1. The van der Waals surface area contributed by atoms with E-state index in [0.29, 0.717) is 11.3 Å². The van der Waals surface area contributed by atoms with Crippen molar-refractivity contribution in [1.29, 1.82) is 0 Å². The smallest absolute Gasteiger partial charge is 0.335 e. The first-order chi connectivity index (χ1) is 11.5. The van der Waals surface area contributed by atoms with Gasteiger partial charge in [0.05, 0.1) is 5.56 Å². The van der Waals surface area contributed by atoms with Crippen LogP contribution in [0.25, 0.3) is 0 Å². The molecule has 5 heteroatoms. The largest absolute Gasteiger partial charge is 0.478 e. The molecule has 1 fully saturated rings. The van der Waals surface area contributed by atoms with Gasteiger partial charge in [-0.1, -0.05) is 6.07 Å². The molecule has 2 aromatic carbocycles. The first-order valence-electron chi connectivity index (χ1n) is 8.05. The van der Waals surface area contributed by atoms with Crippen LogP contribution in [-0.2, 0) is 0 Å². The van der Waals surface area contributed by atoms with E-state index in [1.807, 2.05) is 19.1 Å². The lowest BCUT2D eigenvalue weighted by molar-refractivity contribution is 0.0696. The van der Waals surface area contributed by atoms with Crippen molar-refractivity contribution in [3.8, 4) is 0 Å². The first-order valence-corrected chi connectivity index (χ1v) is 8.05. The van der Waals surface area contributed by atoms with Crippen molar-refractivity contribution in [3.63, 3.8) is 0 Å². The maximum absolute atomic E-state index is 12.4. The molecule has 1 aliphatic rings. The lowest BCUT2D eigenvalue weighted by Crippen LogP contribution is -2.18. The summed E-state index contributed by atoms with van der Waals surface area (Å²) in [6.07, 6.45) is 2.42. The zero-order valence-corrected chi connectivity index (χ0v) is 13.6.